The average molecular weight is 442 g/mol. The fraction of sp³-hybridized carbons (Fsp3) is 0.720. The highest BCUT2D eigenvalue weighted by Gasteiger charge is 2.37. The molecule has 3 aliphatic carbocycles. The molecule has 0 aromatic carbocycles. The van der Waals surface area contributed by atoms with Gasteiger partial charge in [0.2, 0.25) is 0 Å². The predicted octanol–water partition coefficient (Wildman–Crippen LogP) is 5.93. The quantitative estimate of drug-likeness (QED) is 0.578. The Morgan fingerprint density at radius 2 is 1.77 bits per heavy atom. The van der Waals surface area contributed by atoms with Gasteiger partial charge in [0.15, 0.2) is 0 Å². The van der Waals surface area contributed by atoms with Crippen molar-refractivity contribution < 1.29 is 0 Å². The van der Waals surface area contributed by atoms with Crippen LogP contribution in [0.1, 0.15) is 95.1 Å². The standard InChI is InChI=1S/C25H36ClN5/c1-15(2)31-23(12-17-3-4-17)21(13-29-31)24-22(26)14-28-25(30-24)20-10-7-18(20)11-16-5-8-19(27)9-6-16/h13-20H,3-12,27H2,1-2H3. The zero-order valence-corrected chi connectivity index (χ0v) is 19.7. The van der Waals surface area contributed by atoms with E-state index in [1.54, 1.807) is 0 Å². The number of hydrogen-bond acceptors (Lipinski definition) is 4. The Balaban J connectivity index is 1.37. The van der Waals surface area contributed by atoms with E-state index in [9.17, 15) is 0 Å². The van der Waals surface area contributed by atoms with Crippen molar-refractivity contribution in [1.29, 1.82) is 0 Å². The van der Waals surface area contributed by atoms with Crippen molar-refractivity contribution in [2.45, 2.75) is 96.1 Å². The molecule has 0 radical (unpaired) electrons. The highest BCUT2D eigenvalue weighted by molar-refractivity contribution is 6.32. The second-order valence-corrected chi connectivity index (χ2v) is 11.0. The fourth-order valence-electron chi connectivity index (χ4n) is 5.62. The molecule has 0 saturated heterocycles. The van der Waals surface area contributed by atoms with Crippen LogP contribution in [0.2, 0.25) is 5.02 Å². The number of hydrogen-bond donors (Lipinski definition) is 1. The lowest BCUT2D eigenvalue weighted by atomic mass is 9.67. The first-order chi connectivity index (χ1) is 15.0. The predicted molar refractivity (Wildman–Crippen MR) is 125 cm³/mol. The monoisotopic (exact) mass is 441 g/mol. The van der Waals surface area contributed by atoms with Crippen molar-refractivity contribution in [3.8, 4) is 11.3 Å². The van der Waals surface area contributed by atoms with E-state index < -0.39 is 0 Å². The number of rotatable bonds is 7. The van der Waals surface area contributed by atoms with Crippen molar-refractivity contribution in [3.63, 3.8) is 0 Å². The second kappa shape index (κ2) is 8.82. The molecular weight excluding hydrogens is 406 g/mol. The first-order valence-corrected chi connectivity index (χ1v) is 12.7. The molecule has 3 saturated carbocycles. The van der Waals surface area contributed by atoms with Crippen molar-refractivity contribution in [2.75, 3.05) is 0 Å². The summed E-state index contributed by atoms with van der Waals surface area (Å²) in [6.07, 6.45) is 16.2. The molecule has 6 heteroatoms. The Labute approximate surface area is 191 Å². The lowest BCUT2D eigenvalue weighted by Gasteiger charge is -2.39. The van der Waals surface area contributed by atoms with Crippen LogP contribution in [0.25, 0.3) is 11.3 Å². The normalized spacial score (nSPS) is 28.7. The van der Waals surface area contributed by atoms with Gasteiger partial charge >= 0.3 is 0 Å². The first kappa shape index (κ1) is 21.4. The molecule has 3 fully saturated rings. The molecule has 2 aromatic rings. The Morgan fingerprint density at radius 3 is 2.42 bits per heavy atom. The third kappa shape index (κ3) is 4.54. The van der Waals surface area contributed by atoms with Gasteiger partial charge in [0.05, 0.1) is 16.9 Å². The molecule has 2 aromatic heterocycles. The minimum Gasteiger partial charge on any atom is -0.328 e. The SMILES string of the molecule is CC(C)n1ncc(-c2nc(C3CCC3CC3CCC(N)CC3)ncc2Cl)c1CC1CC1. The maximum atomic E-state index is 6.64. The van der Waals surface area contributed by atoms with E-state index in [4.69, 9.17) is 32.4 Å². The van der Waals surface area contributed by atoms with Crippen LogP contribution in [0.3, 0.4) is 0 Å². The van der Waals surface area contributed by atoms with Gasteiger partial charge in [0.1, 0.15) is 5.82 Å². The maximum Gasteiger partial charge on any atom is 0.132 e. The minimum absolute atomic E-state index is 0.335. The van der Waals surface area contributed by atoms with E-state index >= 15 is 0 Å². The molecular formula is C25H36ClN5. The third-order valence-corrected chi connectivity index (χ3v) is 8.14. The van der Waals surface area contributed by atoms with Gasteiger partial charge in [0, 0.05) is 35.5 Å². The topological polar surface area (TPSA) is 69.6 Å². The summed E-state index contributed by atoms with van der Waals surface area (Å²) in [6.45, 7) is 4.38. The highest BCUT2D eigenvalue weighted by atomic mass is 35.5. The van der Waals surface area contributed by atoms with Gasteiger partial charge in [-0.15, -0.1) is 0 Å². The Kier molecular flexibility index (Phi) is 6.09. The van der Waals surface area contributed by atoms with Crippen LogP contribution in [0.15, 0.2) is 12.4 Å². The molecule has 2 N–H and O–H groups in total. The van der Waals surface area contributed by atoms with Crippen LogP contribution in [0.5, 0.6) is 0 Å². The zero-order chi connectivity index (χ0) is 21.5. The van der Waals surface area contributed by atoms with E-state index in [2.05, 4.69) is 18.5 Å². The largest absolute Gasteiger partial charge is 0.328 e. The fourth-order valence-corrected chi connectivity index (χ4v) is 5.81. The molecule has 0 bridgehead atoms. The molecule has 0 aliphatic heterocycles. The lowest BCUT2D eigenvalue weighted by Crippen LogP contribution is -2.31. The van der Waals surface area contributed by atoms with E-state index in [0.717, 1.165) is 35.3 Å². The van der Waals surface area contributed by atoms with Crippen LogP contribution < -0.4 is 5.73 Å². The smallest absolute Gasteiger partial charge is 0.132 e. The van der Waals surface area contributed by atoms with Crippen LogP contribution in [0.4, 0.5) is 0 Å². The highest BCUT2D eigenvalue weighted by Crippen LogP contribution is 2.47. The zero-order valence-electron chi connectivity index (χ0n) is 18.9. The first-order valence-electron chi connectivity index (χ1n) is 12.3. The molecule has 3 aliphatic rings. The molecule has 2 atom stereocenters. The second-order valence-electron chi connectivity index (χ2n) is 10.6. The summed E-state index contributed by atoms with van der Waals surface area (Å²) in [6, 6.07) is 0.759. The molecule has 5 nitrogen and oxygen atoms in total. The van der Waals surface area contributed by atoms with E-state index in [1.165, 1.54) is 63.5 Å². The Bertz CT molecular complexity index is 911. The molecule has 31 heavy (non-hydrogen) atoms. The van der Waals surface area contributed by atoms with Crippen LogP contribution in [-0.4, -0.2) is 25.8 Å². The molecule has 2 heterocycles. The van der Waals surface area contributed by atoms with Gasteiger partial charge in [-0.1, -0.05) is 11.6 Å². The number of halogens is 1. The molecule has 2 unspecified atom stereocenters. The summed E-state index contributed by atoms with van der Waals surface area (Å²) >= 11 is 6.64. The Hall–Kier alpha value is -1.46. The summed E-state index contributed by atoms with van der Waals surface area (Å²) in [7, 11) is 0. The molecule has 0 amide bonds. The number of nitrogens with two attached hydrogens (primary N) is 1. The Morgan fingerprint density at radius 1 is 1.03 bits per heavy atom. The summed E-state index contributed by atoms with van der Waals surface area (Å²) < 4.78 is 2.16. The summed E-state index contributed by atoms with van der Waals surface area (Å²) in [5, 5.41) is 5.35. The van der Waals surface area contributed by atoms with Gasteiger partial charge in [-0.3, -0.25) is 4.68 Å². The van der Waals surface area contributed by atoms with E-state index in [1.807, 2.05) is 12.4 Å². The van der Waals surface area contributed by atoms with Gasteiger partial charge < -0.3 is 5.73 Å². The van der Waals surface area contributed by atoms with E-state index in [-0.39, 0.29) is 0 Å². The van der Waals surface area contributed by atoms with Gasteiger partial charge in [-0.25, -0.2) is 9.97 Å². The minimum atomic E-state index is 0.335. The van der Waals surface area contributed by atoms with Gasteiger partial charge in [-0.2, -0.15) is 5.10 Å². The lowest BCUT2D eigenvalue weighted by molar-refractivity contribution is 0.171. The van der Waals surface area contributed by atoms with Crippen molar-refractivity contribution >= 4 is 11.6 Å². The van der Waals surface area contributed by atoms with Gasteiger partial charge in [0.25, 0.3) is 0 Å². The molecule has 0 spiro atoms. The molecule has 5 rings (SSSR count). The van der Waals surface area contributed by atoms with Crippen LogP contribution >= 0.6 is 11.6 Å². The summed E-state index contributed by atoms with van der Waals surface area (Å²) in [5.41, 5.74) is 9.37. The number of nitrogens with zero attached hydrogens (tertiary/aromatic N) is 4. The molecule has 168 valence electrons. The third-order valence-electron chi connectivity index (χ3n) is 7.86. The maximum absolute atomic E-state index is 6.64. The van der Waals surface area contributed by atoms with Crippen molar-refractivity contribution in [1.82, 2.24) is 19.7 Å². The van der Waals surface area contributed by atoms with Gasteiger partial charge in [-0.05, 0) is 95.8 Å². The van der Waals surface area contributed by atoms with Crippen LogP contribution in [-0.2, 0) is 6.42 Å². The van der Waals surface area contributed by atoms with Crippen molar-refractivity contribution in [3.05, 3.63) is 28.9 Å². The summed E-state index contributed by atoms with van der Waals surface area (Å²) in [5.74, 6) is 3.77. The van der Waals surface area contributed by atoms with Crippen molar-refractivity contribution in [2.24, 2.45) is 23.5 Å². The average Bonchev–Trinajstić information content (AvgIpc) is 3.45. The van der Waals surface area contributed by atoms with E-state index in [0.29, 0.717) is 28.9 Å². The number of aromatic nitrogens is 4. The van der Waals surface area contributed by atoms with Crippen LogP contribution in [0, 0.1) is 17.8 Å². The summed E-state index contributed by atoms with van der Waals surface area (Å²) in [4.78, 5) is 9.76.